The molecule has 0 atom stereocenters. The molecular weight excluding hydrogens is 422 g/mol. The summed E-state index contributed by atoms with van der Waals surface area (Å²) in [5, 5.41) is 10.8. The summed E-state index contributed by atoms with van der Waals surface area (Å²) < 4.78 is 1.97. The maximum Gasteiger partial charge on any atom is 0.253 e. The Morgan fingerprint density at radius 3 is 2.50 bits per heavy atom. The molecule has 32 heavy (non-hydrogen) atoms. The van der Waals surface area contributed by atoms with E-state index in [9.17, 15) is 4.79 Å². The molecule has 0 unspecified atom stereocenters. The van der Waals surface area contributed by atoms with Gasteiger partial charge in [-0.3, -0.25) is 4.79 Å². The minimum absolute atomic E-state index is 0.00384. The smallest absolute Gasteiger partial charge is 0.253 e. The van der Waals surface area contributed by atoms with Crippen LogP contribution in [0, 0.1) is 17.8 Å². The number of hydrogen-bond acceptors (Lipinski definition) is 4. The third-order valence-corrected chi connectivity index (χ3v) is 7.90. The van der Waals surface area contributed by atoms with E-state index >= 15 is 0 Å². The molecule has 0 radical (unpaired) electrons. The highest BCUT2D eigenvalue weighted by Crippen LogP contribution is 2.55. The number of carbonyl (C=O) groups excluding carboxylic acids is 1. The van der Waals surface area contributed by atoms with Crippen molar-refractivity contribution in [1.82, 2.24) is 20.2 Å². The van der Waals surface area contributed by atoms with Crippen molar-refractivity contribution in [3.05, 3.63) is 47.0 Å². The van der Waals surface area contributed by atoms with Crippen LogP contribution in [-0.4, -0.2) is 40.6 Å². The average molecular weight is 456 g/mol. The second kappa shape index (κ2) is 9.06. The number of imidazole rings is 1. The zero-order valence-corrected chi connectivity index (χ0v) is 19.6. The summed E-state index contributed by atoms with van der Waals surface area (Å²) >= 11 is 6.43. The van der Waals surface area contributed by atoms with Crippen LogP contribution < -0.4 is 16.0 Å². The van der Waals surface area contributed by atoms with Gasteiger partial charge in [0, 0.05) is 50.5 Å². The van der Waals surface area contributed by atoms with Gasteiger partial charge >= 0.3 is 0 Å². The summed E-state index contributed by atoms with van der Waals surface area (Å²) in [4.78, 5) is 17.6. The van der Waals surface area contributed by atoms with E-state index < -0.39 is 0 Å². The Hall–Kier alpha value is -2.05. The van der Waals surface area contributed by atoms with Crippen LogP contribution in [0.25, 0.3) is 0 Å². The maximum absolute atomic E-state index is 13.2. The van der Waals surface area contributed by atoms with Crippen LogP contribution in [0.15, 0.2) is 30.7 Å². The van der Waals surface area contributed by atoms with Crippen LogP contribution >= 0.6 is 11.6 Å². The Morgan fingerprint density at radius 1 is 1.12 bits per heavy atom. The Morgan fingerprint density at radius 2 is 1.84 bits per heavy atom. The van der Waals surface area contributed by atoms with E-state index in [1.807, 2.05) is 42.3 Å². The van der Waals surface area contributed by atoms with Crippen LogP contribution in [-0.2, 0) is 13.5 Å². The van der Waals surface area contributed by atoms with Crippen molar-refractivity contribution in [2.24, 2.45) is 24.8 Å². The molecule has 2 aromatic rings. The van der Waals surface area contributed by atoms with Crippen molar-refractivity contribution >= 4 is 23.2 Å². The number of aromatic nitrogens is 2. The van der Waals surface area contributed by atoms with Gasteiger partial charge in [0.25, 0.3) is 5.91 Å². The topological polar surface area (TPSA) is 71.0 Å². The number of anilines is 1. The minimum Gasteiger partial charge on any atom is -0.384 e. The molecule has 3 N–H and O–H groups in total. The van der Waals surface area contributed by atoms with Crippen molar-refractivity contribution in [1.29, 1.82) is 0 Å². The fourth-order valence-corrected chi connectivity index (χ4v) is 6.82. The number of hydrogen-bond donors (Lipinski definition) is 3. The highest BCUT2D eigenvalue weighted by molar-refractivity contribution is 6.34. The number of amides is 1. The molecule has 6 nitrogen and oxygen atoms in total. The molecule has 0 spiro atoms. The number of carbonyl (C=O) groups is 1. The zero-order chi connectivity index (χ0) is 22.1. The molecule has 4 fully saturated rings. The second-order valence-electron chi connectivity index (χ2n) is 10.3. The Labute approximate surface area is 195 Å². The SMILES string of the molecule is Cn1cnc(CCNCCNc2ccc(Cl)c(C(=O)NC34CC5CC(CC(C5)C3)C4)c2)c1. The zero-order valence-electron chi connectivity index (χ0n) is 18.9. The molecule has 7 heteroatoms. The number of benzene rings is 1. The van der Waals surface area contributed by atoms with E-state index in [2.05, 4.69) is 20.9 Å². The average Bonchev–Trinajstić information content (AvgIpc) is 3.15. The van der Waals surface area contributed by atoms with Crippen LogP contribution in [0.2, 0.25) is 5.02 Å². The molecule has 4 saturated carbocycles. The number of aryl methyl sites for hydroxylation is 1. The van der Waals surface area contributed by atoms with Crippen molar-refractivity contribution in [2.75, 3.05) is 25.0 Å². The van der Waals surface area contributed by atoms with Gasteiger partial charge < -0.3 is 20.5 Å². The van der Waals surface area contributed by atoms with Crippen molar-refractivity contribution in [2.45, 2.75) is 50.5 Å². The van der Waals surface area contributed by atoms with E-state index in [-0.39, 0.29) is 11.4 Å². The Bertz CT molecular complexity index is 936. The van der Waals surface area contributed by atoms with Crippen LogP contribution in [0.1, 0.15) is 54.6 Å². The van der Waals surface area contributed by atoms with Gasteiger partial charge in [-0.15, -0.1) is 0 Å². The molecule has 4 aliphatic carbocycles. The van der Waals surface area contributed by atoms with Gasteiger partial charge in [0.05, 0.1) is 22.6 Å². The predicted octanol–water partition coefficient (Wildman–Crippen LogP) is 4.02. The van der Waals surface area contributed by atoms with E-state index in [4.69, 9.17) is 11.6 Å². The molecule has 172 valence electrons. The van der Waals surface area contributed by atoms with E-state index in [1.165, 1.54) is 19.3 Å². The summed E-state index contributed by atoms with van der Waals surface area (Å²) in [5.74, 6) is 2.38. The second-order valence-corrected chi connectivity index (χ2v) is 10.7. The van der Waals surface area contributed by atoms with Gasteiger partial charge in [-0.25, -0.2) is 4.98 Å². The highest BCUT2D eigenvalue weighted by atomic mass is 35.5. The molecular formula is C25H34ClN5O. The van der Waals surface area contributed by atoms with Crippen molar-refractivity contribution in [3.63, 3.8) is 0 Å². The molecule has 1 aromatic heterocycles. The van der Waals surface area contributed by atoms with Gasteiger partial charge in [-0.2, -0.15) is 0 Å². The molecule has 6 rings (SSSR count). The monoisotopic (exact) mass is 455 g/mol. The lowest BCUT2D eigenvalue weighted by atomic mass is 9.53. The molecule has 1 amide bonds. The largest absolute Gasteiger partial charge is 0.384 e. The summed E-state index contributed by atoms with van der Waals surface area (Å²) in [6.45, 7) is 2.50. The Kier molecular flexibility index (Phi) is 6.17. The Balaban J connectivity index is 1.12. The fraction of sp³-hybridized carbons (Fsp3) is 0.600. The lowest BCUT2D eigenvalue weighted by molar-refractivity contribution is -0.0166. The fourth-order valence-electron chi connectivity index (χ4n) is 6.61. The van der Waals surface area contributed by atoms with E-state index in [0.29, 0.717) is 10.6 Å². The summed E-state index contributed by atoms with van der Waals surface area (Å²) in [6.07, 6.45) is 12.3. The molecule has 1 heterocycles. The summed E-state index contributed by atoms with van der Waals surface area (Å²) in [6, 6.07) is 5.66. The van der Waals surface area contributed by atoms with Gasteiger partial charge in [0.2, 0.25) is 0 Å². The van der Waals surface area contributed by atoms with Crippen LogP contribution in [0.5, 0.6) is 0 Å². The standard InChI is InChI=1S/C25H34ClN5O/c1-31-15-21(29-16-31)4-5-27-6-7-28-20-2-3-23(26)22(11-20)24(32)30-25-12-17-8-18(13-25)10-19(9-17)14-25/h2-3,11,15-19,27-28H,4-10,12-14H2,1H3,(H,30,32). The van der Waals surface area contributed by atoms with Gasteiger partial charge in [0.15, 0.2) is 0 Å². The lowest BCUT2D eigenvalue weighted by Gasteiger charge is -2.56. The number of rotatable bonds is 9. The number of nitrogens with one attached hydrogen (secondary N) is 3. The lowest BCUT2D eigenvalue weighted by Crippen LogP contribution is -2.59. The number of nitrogens with zero attached hydrogens (tertiary/aromatic N) is 2. The third-order valence-electron chi connectivity index (χ3n) is 7.58. The summed E-state index contributed by atoms with van der Waals surface area (Å²) in [7, 11) is 1.98. The first kappa shape index (κ1) is 21.8. The van der Waals surface area contributed by atoms with Gasteiger partial charge in [0.1, 0.15) is 0 Å². The van der Waals surface area contributed by atoms with Gasteiger partial charge in [-0.05, 0) is 74.5 Å². The van der Waals surface area contributed by atoms with E-state index in [0.717, 1.165) is 74.5 Å². The molecule has 4 aliphatic rings. The molecule has 0 saturated heterocycles. The quantitative estimate of drug-likeness (QED) is 0.499. The normalized spacial score (nSPS) is 28.1. The van der Waals surface area contributed by atoms with Gasteiger partial charge in [-0.1, -0.05) is 11.6 Å². The van der Waals surface area contributed by atoms with Crippen LogP contribution in [0.4, 0.5) is 5.69 Å². The molecule has 0 aliphatic heterocycles. The van der Waals surface area contributed by atoms with E-state index in [1.54, 1.807) is 0 Å². The van der Waals surface area contributed by atoms with Crippen molar-refractivity contribution in [3.8, 4) is 0 Å². The third kappa shape index (κ3) is 4.81. The summed E-state index contributed by atoms with van der Waals surface area (Å²) in [5.41, 5.74) is 2.60. The predicted molar refractivity (Wildman–Crippen MR) is 128 cm³/mol. The molecule has 4 bridgehead atoms. The first-order valence-electron chi connectivity index (χ1n) is 12.0. The maximum atomic E-state index is 13.2. The first-order chi connectivity index (χ1) is 15.5. The highest BCUT2D eigenvalue weighted by Gasteiger charge is 2.51. The molecule has 1 aromatic carbocycles. The number of halogens is 1. The minimum atomic E-state index is -0.0194. The van der Waals surface area contributed by atoms with Crippen LogP contribution in [0.3, 0.4) is 0 Å². The first-order valence-corrected chi connectivity index (χ1v) is 12.4. The van der Waals surface area contributed by atoms with Crippen molar-refractivity contribution < 1.29 is 4.79 Å².